The highest BCUT2D eigenvalue weighted by atomic mass is 32.2. The fraction of sp³-hybridized carbons (Fsp3) is 0.182. The zero-order valence-corrected chi connectivity index (χ0v) is 9.27. The highest BCUT2D eigenvalue weighted by Gasteiger charge is 2.03. The molecule has 0 saturated carbocycles. The highest BCUT2D eigenvalue weighted by molar-refractivity contribution is 7.97. The minimum atomic E-state index is 0.976. The first-order valence-corrected chi connectivity index (χ1v) is 5.22. The normalized spacial score (nSPS) is 10.7. The van der Waals surface area contributed by atoms with Crippen LogP contribution in [0.4, 0.5) is 5.69 Å². The zero-order valence-electron chi connectivity index (χ0n) is 8.45. The van der Waals surface area contributed by atoms with Gasteiger partial charge in [0.15, 0.2) is 0 Å². The molecule has 0 fully saturated rings. The summed E-state index contributed by atoms with van der Waals surface area (Å²) in [4.78, 5) is 5.45. The van der Waals surface area contributed by atoms with Crippen LogP contribution in [0.15, 0.2) is 34.7 Å². The summed E-state index contributed by atoms with van der Waals surface area (Å²) in [5.41, 5.74) is 2.03. The lowest BCUT2D eigenvalue weighted by Gasteiger charge is -2.06. The van der Waals surface area contributed by atoms with Crippen LogP contribution in [0.5, 0.6) is 0 Å². The Hall–Kier alpha value is -1.06. The highest BCUT2D eigenvalue weighted by Crippen LogP contribution is 2.31. The molecule has 0 saturated heterocycles. The Labute approximate surface area is 89.3 Å². The van der Waals surface area contributed by atoms with E-state index in [0.717, 1.165) is 16.1 Å². The van der Waals surface area contributed by atoms with Gasteiger partial charge < -0.3 is 0 Å². The first-order chi connectivity index (χ1) is 6.83. The Bertz CT molecular complexity index is 345. The fourth-order valence-corrected chi connectivity index (χ4v) is 1.80. The molecule has 0 heterocycles. The number of nitrogens with one attached hydrogen (secondary N) is 1. The molecule has 0 spiro atoms. The van der Waals surface area contributed by atoms with Crippen molar-refractivity contribution in [3.63, 3.8) is 0 Å². The standard InChI is InChI=1S/C11H14N2S/c1-4-9-7-6-8-10(14-12-3)11(9)13-5-2/h4-8,12H,1H2,2-3H3. The van der Waals surface area contributed by atoms with Crippen molar-refractivity contribution in [2.45, 2.75) is 11.8 Å². The minimum Gasteiger partial charge on any atom is -0.263 e. The molecule has 0 aliphatic rings. The number of hydrogen-bond donors (Lipinski definition) is 1. The van der Waals surface area contributed by atoms with Gasteiger partial charge in [0.1, 0.15) is 0 Å². The summed E-state index contributed by atoms with van der Waals surface area (Å²) in [5, 5.41) is 0. The Kier molecular flexibility index (Phi) is 4.43. The van der Waals surface area contributed by atoms with Crippen molar-refractivity contribution in [2.75, 3.05) is 7.05 Å². The van der Waals surface area contributed by atoms with Crippen molar-refractivity contribution < 1.29 is 0 Å². The molecule has 0 aliphatic heterocycles. The van der Waals surface area contributed by atoms with Gasteiger partial charge in [0.25, 0.3) is 0 Å². The molecule has 74 valence electrons. The Morgan fingerprint density at radius 2 is 2.29 bits per heavy atom. The molecule has 0 unspecified atom stereocenters. The van der Waals surface area contributed by atoms with Crippen LogP contribution in [-0.4, -0.2) is 13.3 Å². The Morgan fingerprint density at radius 3 is 2.86 bits per heavy atom. The molecule has 1 aromatic carbocycles. The molecular formula is C11H14N2S. The molecule has 14 heavy (non-hydrogen) atoms. The lowest BCUT2D eigenvalue weighted by molar-refractivity contribution is 1.26. The van der Waals surface area contributed by atoms with Crippen LogP contribution in [0.1, 0.15) is 12.5 Å². The lowest BCUT2D eigenvalue weighted by atomic mass is 10.2. The Balaban J connectivity index is 3.20. The molecule has 0 radical (unpaired) electrons. The maximum atomic E-state index is 4.34. The second-order valence-electron chi connectivity index (χ2n) is 2.59. The summed E-state index contributed by atoms with van der Waals surface area (Å²) >= 11 is 1.56. The summed E-state index contributed by atoms with van der Waals surface area (Å²) in [6.07, 6.45) is 3.62. The molecular weight excluding hydrogens is 192 g/mol. The summed E-state index contributed by atoms with van der Waals surface area (Å²) in [6.45, 7) is 5.68. The van der Waals surface area contributed by atoms with Crippen LogP contribution in [-0.2, 0) is 0 Å². The molecule has 2 nitrogen and oxygen atoms in total. The predicted octanol–water partition coefficient (Wildman–Crippen LogP) is 3.28. The van der Waals surface area contributed by atoms with Crippen molar-refractivity contribution >= 4 is 29.9 Å². The lowest BCUT2D eigenvalue weighted by Crippen LogP contribution is -1.91. The number of para-hydroxylation sites is 1. The third-order valence-corrected chi connectivity index (χ3v) is 2.47. The van der Waals surface area contributed by atoms with Crippen molar-refractivity contribution in [1.82, 2.24) is 4.72 Å². The van der Waals surface area contributed by atoms with Crippen molar-refractivity contribution in [2.24, 2.45) is 4.99 Å². The average Bonchev–Trinajstić information content (AvgIpc) is 2.21. The molecule has 0 bridgehead atoms. The van der Waals surface area contributed by atoms with Crippen molar-refractivity contribution in [3.8, 4) is 0 Å². The van der Waals surface area contributed by atoms with Crippen LogP contribution >= 0.6 is 11.9 Å². The second kappa shape index (κ2) is 5.62. The smallest absolute Gasteiger partial charge is 0.0846 e. The molecule has 0 amide bonds. The molecule has 1 aromatic rings. The number of hydrogen-bond acceptors (Lipinski definition) is 3. The number of rotatable bonds is 4. The average molecular weight is 206 g/mol. The molecule has 1 N–H and O–H groups in total. The van der Waals surface area contributed by atoms with Crippen LogP contribution in [0.2, 0.25) is 0 Å². The number of benzene rings is 1. The van der Waals surface area contributed by atoms with E-state index in [2.05, 4.69) is 16.3 Å². The number of aliphatic imine (C=N–C) groups is 1. The summed E-state index contributed by atoms with van der Waals surface area (Å²) in [6, 6.07) is 6.05. The topological polar surface area (TPSA) is 24.4 Å². The van der Waals surface area contributed by atoms with E-state index in [1.807, 2.05) is 38.2 Å². The molecule has 1 rings (SSSR count). The largest absolute Gasteiger partial charge is 0.263 e. The maximum Gasteiger partial charge on any atom is 0.0846 e. The maximum absolute atomic E-state index is 4.34. The van der Waals surface area contributed by atoms with E-state index in [4.69, 9.17) is 0 Å². The van der Waals surface area contributed by atoms with Gasteiger partial charge in [0, 0.05) is 16.7 Å². The second-order valence-corrected chi connectivity index (χ2v) is 3.64. The van der Waals surface area contributed by atoms with Gasteiger partial charge in [-0.25, -0.2) is 0 Å². The molecule has 0 aliphatic carbocycles. The Morgan fingerprint density at radius 1 is 1.50 bits per heavy atom. The van der Waals surface area contributed by atoms with Gasteiger partial charge in [-0.1, -0.05) is 24.8 Å². The number of nitrogens with zero attached hydrogens (tertiary/aromatic N) is 1. The van der Waals surface area contributed by atoms with Gasteiger partial charge in [-0.05, 0) is 32.0 Å². The van der Waals surface area contributed by atoms with Gasteiger partial charge in [-0.3, -0.25) is 9.71 Å². The van der Waals surface area contributed by atoms with Crippen LogP contribution in [0, 0.1) is 0 Å². The quantitative estimate of drug-likeness (QED) is 0.604. The van der Waals surface area contributed by atoms with Crippen LogP contribution in [0.25, 0.3) is 6.08 Å². The molecule has 3 heteroatoms. The van der Waals surface area contributed by atoms with E-state index >= 15 is 0 Å². The molecule has 0 aromatic heterocycles. The third kappa shape index (κ3) is 2.47. The first kappa shape index (κ1) is 11.0. The van der Waals surface area contributed by atoms with Crippen molar-refractivity contribution in [1.29, 1.82) is 0 Å². The van der Waals surface area contributed by atoms with Crippen LogP contribution in [0.3, 0.4) is 0 Å². The van der Waals surface area contributed by atoms with Gasteiger partial charge in [0.2, 0.25) is 0 Å². The van der Waals surface area contributed by atoms with Crippen LogP contribution < -0.4 is 4.72 Å². The van der Waals surface area contributed by atoms with E-state index in [1.54, 1.807) is 18.2 Å². The first-order valence-electron chi connectivity index (χ1n) is 4.41. The van der Waals surface area contributed by atoms with Gasteiger partial charge in [-0.15, -0.1) is 0 Å². The van der Waals surface area contributed by atoms with E-state index in [9.17, 15) is 0 Å². The SMILES string of the molecule is C=Cc1cccc(SNC)c1N=CC. The van der Waals surface area contributed by atoms with E-state index < -0.39 is 0 Å². The van der Waals surface area contributed by atoms with E-state index in [0.29, 0.717) is 0 Å². The van der Waals surface area contributed by atoms with Gasteiger partial charge in [-0.2, -0.15) is 0 Å². The van der Waals surface area contributed by atoms with Gasteiger partial charge >= 0.3 is 0 Å². The summed E-state index contributed by atoms with van der Waals surface area (Å²) in [5.74, 6) is 0. The monoisotopic (exact) mass is 206 g/mol. The van der Waals surface area contributed by atoms with E-state index in [1.165, 1.54) is 0 Å². The zero-order chi connectivity index (χ0) is 10.4. The fourth-order valence-electron chi connectivity index (χ4n) is 1.16. The summed E-state index contributed by atoms with van der Waals surface area (Å²) < 4.78 is 3.04. The third-order valence-electron chi connectivity index (χ3n) is 1.72. The molecule has 0 atom stereocenters. The minimum absolute atomic E-state index is 0.976. The predicted molar refractivity (Wildman–Crippen MR) is 65.3 cm³/mol. The van der Waals surface area contributed by atoms with E-state index in [-0.39, 0.29) is 0 Å². The van der Waals surface area contributed by atoms with Crippen molar-refractivity contribution in [3.05, 3.63) is 30.3 Å². The van der Waals surface area contributed by atoms with Gasteiger partial charge in [0.05, 0.1) is 5.69 Å². The summed E-state index contributed by atoms with van der Waals surface area (Å²) in [7, 11) is 1.89.